The number of rotatable bonds is 4. The third-order valence-corrected chi connectivity index (χ3v) is 4.47. The Kier molecular flexibility index (Phi) is 4.86. The second-order valence-electron chi connectivity index (χ2n) is 6.58. The number of amides is 1. The molecule has 8 nitrogen and oxygen atoms in total. The van der Waals surface area contributed by atoms with Gasteiger partial charge in [0, 0.05) is 18.4 Å². The van der Waals surface area contributed by atoms with E-state index in [0.29, 0.717) is 19.2 Å². The molecule has 3 aromatic rings. The number of hydrogen-bond donors (Lipinski definition) is 2. The molecule has 14 heteroatoms. The van der Waals surface area contributed by atoms with Crippen LogP contribution in [0.3, 0.4) is 0 Å². The Morgan fingerprint density at radius 3 is 2.39 bits per heavy atom. The van der Waals surface area contributed by atoms with Crippen LogP contribution in [0.4, 0.5) is 37.8 Å². The molecule has 1 saturated heterocycles. The number of nitrogens with one attached hydrogen (secondary N) is 2. The van der Waals surface area contributed by atoms with E-state index >= 15 is 0 Å². The number of carbonyl (C=O) groups is 1. The molecular formula is C17H12F6N6O2. The molecule has 1 aromatic carbocycles. The number of aromatic nitrogens is 4. The number of benzene rings is 1. The van der Waals surface area contributed by atoms with Gasteiger partial charge >= 0.3 is 12.5 Å². The van der Waals surface area contributed by atoms with Gasteiger partial charge in [-0.05, 0) is 30.7 Å². The largest absolute Gasteiger partial charge is 0.504 e. The van der Waals surface area contributed by atoms with Crippen LogP contribution in [0.2, 0.25) is 0 Å². The lowest BCUT2D eigenvalue weighted by Gasteiger charge is -2.09. The fraction of sp³-hybridized carbons (Fsp3) is 0.294. The maximum atomic E-state index is 13.2. The average molecular weight is 446 g/mol. The highest BCUT2D eigenvalue weighted by Crippen LogP contribution is 2.35. The van der Waals surface area contributed by atoms with Gasteiger partial charge in [-0.1, -0.05) is 0 Å². The van der Waals surface area contributed by atoms with E-state index in [0.717, 1.165) is 24.3 Å². The molecule has 3 heterocycles. The van der Waals surface area contributed by atoms with E-state index in [1.165, 1.54) is 0 Å². The minimum Gasteiger partial charge on any atom is -0.420 e. The Balaban J connectivity index is 1.67. The van der Waals surface area contributed by atoms with Crippen molar-refractivity contribution in [3.8, 4) is 11.5 Å². The third kappa shape index (κ3) is 4.18. The molecule has 1 fully saturated rings. The minimum atomic E-state index is -4.87. The second kappa shape index (κ2) is 7.28. The van der Waals surface area contributed by atoms with E-state index in [2.05, 4.69) is 25.9 Å². The van der Waals surface area contributed by atoms with Gasteiger partial charge in [0.15, 0.2) is 5.82 Å². The molecule has 1 aliphatic rings. The predicted molar refractivity (Wildman–Crippen MR) is 91.9 cm³/mol. The first-order chi connectivity index (χ1) is 14.5. The van der Waals surface area contributed by atoms with Crippen molar-refractivity contribution in [2.75, 3.05) is 11.9 Å². The molecule has 1 aliphatic heterocycles. The van der Waals surface area contributed by atoms with Crippen LogP contribution < -0.4 is 10.6 Å². The lowest BCUT2D eigenvalue weighted by atomic mass is 10.1. The van der Waals surface area contributed by atoms with Gasteiger partial charge in [-0.3, -0.25) is 4.79 Å². The summed E-state index contributed by atoms with van der Waals surface area (Å²) in [6.07, 6.45) is -8.45. The summed E-state index contributed by atoms with van der Waals surface area (Å²) >= 11 is 0. The van der Waals surface area contributed by atoms with Gasteiger partial charge in [-0.25, -0.2) is 0 Å². The summed E-state index contributed by atoms with van der Waals surface area (Å²) in [5, 5.41) is 15.9. The molecule has 0 unspecified atom stereocenters. The Hall–Kier alpha value is -3.58. The highest BCUT2D eigenvalue weighted by molar-refractivity contribution is 5.84. The van der Waals surface area contributed by atoms with Crippen molar-refractivity contribution >= 4 is 17.4 Å². The summed E-state index contributed by atoms with van der Waals surface area (Å²) in [4.78, 5) is 11.8. The number of halogens is 6. The monoisotopic (exact) mass is 446 g/mol. The van der Waals surface area contributed by atoms with Crippen molar-refractivity contribution in [1.29, 1.82) is 0 Å². The molecule has 31 heavy (non-hydrogen) atoms. The smallest absolute Gasteiger partial charge is 0.420 e. The zero-order valence-corrected chi connectivity index (χ0v) is 15.3. The van der Waals surface area contributed by atoms with Crippen LogP contribution in [0.15, 0.2) is 34.9 Å². The van der Waals surface area contributed by atoms with Crippen molar-refractivity contribution < 1.29 is 35.6 Å². The van der Waals surface area contributed by atoms with E-state index in [1.807, 2.05) is 0 Å². The highest BCUT2D eigenvalue weighted by Gasteiger charge is 2.36. The molecule has 0 aliphatic carbocycles. The molecule has 2 N–H and O–H groups in total. The van der Waals surface area contributed by atoms with Gasteiger partial charge in [-0.15, -0.1) is 28.5 Å². The maximum Gasteiger partial charge on any atom is 0.504 e. The van der Waals surface area contributed by atoms with Gasteiger partial charge in [-0.2, -0.15) is 17.9 Å². The Bertz CT molecular complexity index is 1100. The van der Waals surface area contributed by atoms with Crippen LogP contribution in [0, 0.1) is 0 Å². The van der Waals surface area contributed by atoms with E-state index in [1.54, 1.807) is 0 Å². The first-order valence-electron chi connectivity index (χ1n) is 8.75. The van der Waals surface area contributed by atoms with E-state index in [-0.39, 0.29) is 39.4 Å². The van der Waals surface area contributed by atoms with Crippen molar-refractivity contribution in [2.24, 2.45) is 0 Å². The van der Waals surface area contributed by atoms with Crippen LogP contribution in [-0.4, -0.2) is 32.4 Å². The first kappa shape index (κ1) is 20.7. The molecule has 164 valence electrons. The second-order valence-corrected chi connectivity index (χ2v) is 6.58. The summed E-state index contributed by atoms with van der Waals surface area (Å²) in [7, 11) is 0. The molecule has 1 atom stereocenters. The van der Waals surface area contributed by atoms with E-state index in [9.17, 15) is 31.1 Å². The molecule has 4 rings (SSSR count). The van der Waals surface area contributed by atoms with Crippen molar-refractivity contribution in [1.82, 2.24) is 25.3 Å². The number of carbonyl (C=O) groups excluding carboxylic acids is 1. The summed E-state index contributed by atoms with van der Waals surface area (Å²) in [6.45, 7) is 0.397. The number of nitrogens with zero attached hydrogens (tertiary/aromatic N) is 4. The predicted octanol–water partition coefficient (Wildman–Crippen LogP) is 3.78. The summed E-state index contributed by atoms with van der Waals surface area (Å²) in [5.74, 6) is -1.83. The van der Waals surface area contributed by atoms with Gasteiger partial charge < -0.3 is 15.1 Å². The van der Waals surface area contributed by atoms with Gasteiger partial charge in [0.1, 0.15) is 11.5 Å². The lowest BCUT2D eigenvalue weighted by molar-refractivity contribution is -0.212. The maximum absolute atomic E-state index is 13.2. The topological polar surface area (TPSA) is 97.9 Å². The van der Waals surface area contributed by atoms with E-state index in [4.69, 9.17) is 4.42 Å². The average Bonchev–Trinajstić information content (AvgIpc) is 3.40. The van der Waals surface area contributed by atoms with Crippen LogP contribution in [0.1, 0.15) is 23.8 Å². The minimum absolute atomic E-state index is 0.0524. The quantitative estimate of drug-likeness (QED) is 0.592. The lowest BCUT2D eigenvalue weighted by Crippen LogP contribution is -2.18. The van der Waals surface area contributed by atoms with E-state index < -0.39 is 24.0 Å². The Morgan fingerprint density at radius 1 is 1.10 bits per heavy atom. The highest BCUT2D eigenvalue weighted by atomic mass is 19.4. The molecule has 0 saturated carbocycles. The fourth-order valence-electron chi connectivity index (χ4n) is 2.95. The number of hydrogen-bond acceptors (Lipinski definition) is 6. The van der Waals surface area contributed by atoms with Crippen LogP contribution in [-0.2, 0) is 17.3 Å². The zero-order chi connectivity index (χ0) is 22.4. The molecule has 2 aromatic heterocycles. The van der Waals surface area contributed by atoms with Crippen molar-refractivity contribution in [3.63, 3.8) is 0 Å². The molecule has 0 spiro atoms. The first-order valence-corrected chi connectivity index (χ1v) is 8.75. The summed E-state index contributed by atoms with van der Waals surface area (Å²) < 4.78 is 82.7. The van der Waals surface area contributed by atoms with Crippen LogP contribution in [0.5, 0.6) is 0 Å². The van der Waals surface area contributed by atoms with Crippen molar-refractivity contribution in [3.05, 3.63) is 41.9 Å². The van der Waals surface area contributed by atoms with Gasteiger partial charge in [0.25, 0.3) is 5.89 Å². The standard InChI is InChI=1S/C17H12F6N6O2/c18-16(19,20)8-1-3-9(4-2-8)25-12-11(7-29(28-12)17(21,22)23)15-27-26-14(31-15)10-5-6-24-13(10)30/h1-4,7,10H,5-6H2,(H,24,30)(H,25,28)/t10-/m0/s1. The molecule has 0 bridgehead atoms. The van der Waals surface area contributed by atoms with Crippen LogP contribution in [0.25, 0.3) is 11.5 Å². The number of anilines is 2. The summed E-state index contributed by atoms with van der Waals surface area (Å²) in [6, 6.07) is 3.63. The fourth-order valence-corrected chi connectivity index (χ4v) is 2.95. The third-order valence-electron chi connectivity index (χ3n) is 4.47. The molecular weight excluding hydrogens is 434 g/mol. The molecule has 0 radical (unpaired) electrons. The van der Waals surface area contributed by atoms with Gasteiger partial charge in [0.2, 0.25) is 11.8 Å². The number of alkyl halides is 6. The van der Waals surface area contributed by atoms with Gasteiger partial charge in [0.05, 0.1) is 5.56 Å². The molecule has 1 amide bonds. The Labute approximate surface area is 169 Å². The Morgan fingerprint density at radius 2 is 1.81 bits per heavy atom. The summed E-state index contributed by atoms with van der Waals surface area (Å²) in [5.41, 5.74) is -1.11. The zero-order valence-electron chi connectivity index (χ0n) is 15.3. The van der Waals surface area contributed by atoms with Crippen molar-refractivity contribution in [2.45, 2.75) is 24.8 Å². The van der Waals surface area contributed by atoms with Crippen LogP contribution >= 0.6 is 0 Å². The SMILES string of the molecule is O=C1NCC[C@@H]1c1nnc(-c2cn(C(F)(F)F)nc2Nc2ccc(C(F)(F)F)cc2)o1. The normalized spacial score (nSPS) is 17.1.